The molecule has 200 valence electrons. The van der Waals surface area contributed by atoms with Crippen molar-refractivity contribution in [3.05, 3.63) is 68.4 Å². The van der Waals surface area contributed by atoms with E-state index >= 15 is 0 Å². The minimum Gasteiger partial charge on any atom is -0.362 e. The minimum atomic E-state index is -4.88. The Bertz CT molecular complexity index is 1370. The van der Waals surface area contributed by atoms with E-state index in [1.807, 2.05) is 0 Å². The molecule has 1 N–H and O–H groups in total. The Hall–Kier alpha value is -1.96. The van der Waals surface area contributed by atoms with Crippen molar-refractivity contribution in [2.75, 3.05) is 25.1 Å². The van der Waals surface area contributed by atoms with Crippen molar-refractivity contribution in [3.63, 3.8) is 0 Å². The molecule has 2 aromatic rings. The third-order valence-corrected chi connectivity index (χ3v) is 8.25. The molecule has 2 aromatic carbocycles. The molecule has 3 aliphatic rings. The zero-order valence-corrected chi connectivity index (χ0v) is 21.5. The van der Waals surface area contributed by atoms with Crippen LogP contribution in [0.1, 0.15) is 34.7 Å². The van der Waals surface area contributed by atoms with E-state index in [9.17, 15) is 30.8 Å². The summed E-state index contributed by atoms with van der Waals surface area (Å²) < 4.78 is 85.5. The van der Waals surface area contributed by atoms with Crippen LogP contribution in [-0.4, -0.2) is 50.5 Å². The minimum absolute atomic E-state index is 0.179. The molecule has 1 unspecified atom stereocenters. The number of sulfone groups is 1. The Kier molecular flexibility index (Phi) is 6.32. The molecular formula is C23H20Cl2F4N2O5S. The first-order valence-corrected chi connectivity index (χ1v) is 13.8. The fourth-order valence-corrected chi connectivity index (χ4v) is 6.16. The van der Waals surface area contributed by atoms with E-state index in [0.29, 0.717) is 5.56 Å². The van der Waals surface area contributed by atoms with Gasteiger partial charge in [0, 0.05) is 12.7 Å². The average Bonchev–Trinajstić information content (AvgIpc) is 3.37. The van der Waals surface area contributed by atoms with Crippen molar-refractivity contribution in [1.82, 2.24) is 10.4 Å². The number of fused-ring (bicyclic) bond motifs is 2. The highest BCUT2D eigenvalue weighted by Gasteiger charge is 2.62. The molecule has 2 atom stereocenters. The molecule has 0 bridgehead atoms. The van der Waals surface area contributed by atoms with E-state index in [4.69, 9.17) is 32.8 Å². The van der Waals surface area contributed by atoms with E-state index in [2.05, 4.69) is 5.48 Å². The number of halogens is 6. The highest BCUT2D eigenvalue weighted by atomic mass is 35.5. The molecule has 0 aliphatic carbocycles. The summed E-state index contributed by atoms with van der Waals surface area (Å²) >= 11 is 11.5. The summed E-state index contributed by atoms with van der Waals surface area (Å²) in [6.07, 6.45) is -4.46. The quantitative estimate of drug-likeness (QED) is 0.430. The number of rotatable bonds is 4. The zero-order chi connectivity index (χ0) is 27.0. The smallest absolute Gasteiger partial charge is 0.362 e. The summed E-state index contributed by atoms with van der Waals surface area (Å²) in [4.78, 5) is 18.7. The Balaban J connectivity index is 1.37. The van der Waals surface area contributed by atoms with Gasteiger partial charge in [-0.15, -0.1) is 0 Å². The van der Waals surface area contributed by atoms with Crippen LogP contribution in [0.3, 0.4) is 0 Å². The molecule has 2 saturated heterocycles. The van der Waals surface area contributed by atoms with Gasteiger partial charge in [0.25, 0.3) is 0 Å². The molecule has 1 amide bonds. The lowest BCUT2D eigenvalue weighted by Crippen LogP contribution is -2.62. The van der Waals surface area contributed by atoms with Gasteiger partial charge in [-0.3, -0.25) is 9.63 Å². The number of carbonyl (C=O) groups is 1. The maximum absolute atomic E-state index is 14.3. The summed E-state index contributed by atoms with van der Waals surface area (Å²) in [6, 6.07) is 5.93. The molecular weight excluding hydrogens is 563 g/mol. The molecule has 3 heterocycles. The number of hydrogen-bond acceptors (Lipinski definition) is 6. The fourth-order valence-electron chi connectivity index (χ4n) is 5.04. The van der Waals surface area contributed by atoms with Gasteiger partial charge in [0.2, 0.25) is 11.5 Å². The van der Waals surface area contributed by atoms with Gasteiger partial charge in [0.05, 0.1) is 35.8 Å². The number of likely N-dealkylation sites (tertiary alicyclic amines) is 1. The monoisotopic (exact) mass is 582 g/mol. The van der Waals surface area contributed by atoms with Gasteiger partial charge in [0.15, 0.2) is 15.7 Å². The summed E-state index contributed by atoms with van der Waals surface area (Å²) in [5, 5.41) is -1.11. The molecule has 2 fully saturated rings. The lowest BCUT2D eigenvalue weighted by Gasteiger charge is -2.47. The van der Waals surface area contributed by atoms with E-state index in [0.717, 1.165) is 29.5 Å². The largest absolute Gasteiger partial charge is 0.423 e. The number of alkyl halides is 3. The Morgan fingerprint density at radius 3 is 2.43 bits per heavy atom. The van der Waals surface area contributed by atoms with E-state index in [1.165, 1.54) is 4.90 Å². The van der Waals surface area contributed by atoms with Crippen molar-refractivity contribution in [2.45, 2.75) is 36.4 Å². The van der Waals surface area contributed by atoms with Gasteiger partial charge < -0.3 is 9.64 Å². The second-order valence-corrected chi connectivity index (χ2v) is 12.5. The molecule has 1 spiro atoms. The number of carbonyl (C=O) groups excluding carboxylic acids is 1. The lowest BCUT2D eigenvalue weighted by atomic mass is 9.82. The van der Waals surface area contributed by atoms with Gasteiger partial charge in [-0.05, 0) is 34.4 Å². The number of nitrogens with zero attached hydrogens (tertiary/aromatic N) is 1. The van der Waals surface area contributed by atoms with Crippen molar-refractivity contribution < 1.29 is 40.3 Å². The highest BCUT2D eigenvalue weighted by Crippen LogP contribution is 2.52. The number of ether oxygens (including phenoxy) is 1. The zero-order valence-electron chi connectivity index (χ0n) is 19.2. The molecule has 0 saturated carbocycles. The van der Waals surface area contributed by atoms with Crippen LogP contribution in [0.4, 0.5) is 17.6 Å². The topological polar surface area (TPSA) is 84.9 Å². The first-order chi connectivity index (χ1) is 17.1. The maximum atomic E-state index is 14.3. The third-order valence-electron chi connectivity index (χ3n) is 6.93. The summed E-state index contributed by atoms with van der Waals surface area (Å²) in [5.41, 5.74) is 0.473. The molecule has 5 rings (SSSR count). The highest BCUT2D eigenvalue weighted by molar-refractivity contribution is 7.91. The number of benzene rings is 2. The van der Waals surface area contributed by atoms with E-state index in [-0.39, 0.29) is 19.7 Å². The van der Waals surface area contributed by atoms with Gasteiger partial charge >= 0.3 is 6.18 Å². The Morgan fingerprint density at radius 1 is 1.19 bits per heavy atom. The SMILES string of the molecule is CS(=O)(=O)CC(=O)N1CC2(C1)OCc1cc([C@@H]3CC(c4cc(Cl)c(F)c(Cl)c4)(C(F)(F)F)ON3)ccc12. The summed E-state index contributed by atoms with van der Waals surface area (Å²) in [6.45, 7) is 0.544. The molecule has 0 aromatic heterocycles. The van der Waals surface area contributed by atoms with Crippen LogP contribution >= 0.6 is 23.2 Å². The van der Waals surface area contributed by atoms with Crippen molar-refractivity contribution in [1.29, 1.82) is 0 Å². The molecule has 0 radical (unpaired) electrons. The van der Waals surface area contributed by atoms with Crippen LogP contribution < -0.4 is 5.48 Å². The van der Waals surface area contributed by atoms with Gasteiger partial charge in [0.1, 0.15) is 11.4 Å². The second-order valence-electron chi connectivity index (χ2n) is 9.57. The van der Waals surface area contributed by atoms with Crippen molar-refractivity contribution in [3.8, 4) is 0 Å². The number of hydroxylamine groups is 1. The van der Waals surface area contributed by atoms with E-state index in [1.54, 1.807) is 18.2 Å². The van der Waals surface area contributed by atoms with Gasteiger partial charge in [-0.2, -0.15) is 18.7 Å². The first kappa shape index (κ1) is 26.6. The predicted octanol–water partition coefficient (Wildman–Crippen LogP) is 4.17. The number of nitrogens with one attached hydrogen (secondary N) is 1. The number of hydrogen-bond donors (Lipinski definition) is 1. The van der Waals surface area contributed by atoms with Crippen LogP contribution in [0.15, 0.2) is 30.3 Å². The maximum Gasteiger partial charge on any atom is 0.423 e. The second kappa shape index (κ2) is 8.78. The summed E-state index contributed by atoms with van der Waals surface area (Å²) in [7, 11) is -3.47. The average molecular weight is 583 g/mol. The molecule has 14 heteroatoms. The van der Waals surface area contributed by atoms with Gasteiger partial charge in [-0.1, -0.05) is 41.4 Å². The van der Waals surface area contributed by atoms with Crippen molar-refractivity contribution in [2.24, 2.45) is 0 Å². The Morgan fingerprint density at radius 2 is 1.84 bits per heavy atom. The molecule has 3 aliphatic heterocycles. The normalized spacial score (nSPS) is 24.8. The standard InChI is InChI=1S/C23H20Cl2F4N2O5S/c1-37(33,34)9-19(32)31-10-21(11-31)15-3-2-12(4-13(15)8-35-21)18-7-22(36-30-18,23(27,28)29)14-5-16(24)20(26)17(25)6-14/h2-6,18,30H,7-11H2,1H3/t18-,22?/m0/s1. The van der Waals surface area contributed by atoms with Crippen LogP contribution in [0.25, 0.3) is 0 Å². The fraction of sp³-hybridized carbons (Fsp3) is 0.435. The number of amides is 1. The van der Waals surface area contributed by atoms with Crippen LogP contribution in [0.2, 0.25) is 10.0 Å². The van der Waals surface area contributed by atoms with Crippen LogP contribution in [0, 0.1) is 5.82 Å². The first-order valence-electron chi connectivity index (χ1n) is 11.0. The third kappa shape index (κ3) is 4.51. The predicted molar refractivity (Wildman–Crippen MR) is 125 cm³/mol. The summed E-state index contributed by atoms with van der Waals surface area (Å²) in [5.74, 6) is -2.13. The van der Waals surface area contributed by atoms with Gasteiger partial charge in [-0.25, -0.2) is 12.8 Å². The van der Waals surface area contributed by atoms with Crippen LogP contribution in [-0.2, 0) is 42.0 Å². The van der Waals surface area contributed by atoms with Crippen LogP contribution in [0.5, 0.6) is 0 Å². The van der Waals surface area contributed by atoms with E-state index < -0.39 is 72.8 Å². The Labute approximate surface area is 219 Å². The molecule has 7 nitrogen and oxygen atoms in total. The molecule has 37 heavy (non-hydrogen) atoms. The van der Waals surface area contributed by atoms with Crippen molar-refractivity contribution >= 4 is 38.9 Å². The lowest BCUT2D eigenvalue weighted by molar-refractivity contribution is -0.282.